The van der Waals surface area contributed by atoms with Gasteiger partial charge in [0.15, 0.2) is 17.3 Å². The van der Waals surface area contributed by atoms with Gasteiger partial charge >= 0.3 is 0 Å². The Hall–Kier alpha value is -4.25. The molecule has 333 valence electrons. The van der Waals surface area contributed by atoms with Crippen molar-refractivity contribution in [3.8, 4) is 0 Å². The van der Waals surface area contributed by atoms with Crippen molar-refractivity contribution in [3.05, 3.63) is 35.9 Å². The summed E-state index contributed by atoms with van der Waals surface area (Å²) in [4.78, 5) is 88.7. The second kappa shape index (κ2) is 24.3. The molecule has 16 nitrogen and oxygen atoms in total. The van der Waals surface area contributed by atoms with E-state index in [4.69, 9.17) is 34.1 Å². The quantitative estimate of drug-likeness (QED) is 0.0339. The van der Waals surface area contributed by atoms with E-state index in [1.54, 1.807) is 0 Å². The summed E-state index contributed by atoms with van der Waals surface area (Å²) in [5.41, 5.74) is 29.4. The molecule has 4 amide bonds. The van der Waals surface area contributed by atoms with Crippen LogP contribution in [0.5, 0.6) is 0 Å². The monoisotopic (exact) mass is 836 g/mol. The predicted octanol–water partition coefficient (Wildman–Crippen LogP) is 1.79. The van der Waals surface area contributed by atoms with E-state index in [2.05, 4.69) is 10.6 Å². The van der Waals surface area contributed by atoms with Crippen LogP contribution in [0.4, 0.5) is 0 Å². The normalized spacial score (nSPS) is 20.5. The molecule has 16 heteroatoms. The number of nitrogens with one attached hydrogen (secondary N) is 3. The Morgan fingerprint density at radius 1 is 0.833 bits per heavy atom. The standard InChI is InChI=1S/C44H71N10O6/c45-23-11-10-20-36(52-39(57)34(47)27-31-16-6-2-7-17-31)41(59)53-25-12-21-37(53)42(60)54(40(58)35(48)28-32-18-8-3-9-19-32)44(29-55,22-13-24-51-43(49)50)38(56)33(46)26-30-14-4-1-5-15-30/h2,6-7,16-17,30,32-37H,1,3-5,8-15,18-28,45-48H2,(H,52,57)(H4,49,50,51)/t33-,34?,35+,36?,37?,44?/m0/s1. The second-order valence-electron chi connectivity index (χ2n) is 17.3. The first-order valence-electron chi connectivity index (χ1n) is 22.3. The van der Waals surface area contributed by atoms with Crippen molar-refractivity contribution in [2.45, 2.75) is 164 Å². The lowest BCUT2D eigenvalue weighted by Gasteiger charge is -2.42. The molecule has 3 fully saturated rings. The summed E-state index contributed by atoms with van der Waals surface area (Å²) in [5, 5.41) is 13.1. The van der Waals surface area contributed by atoms with Crippen molar-refractivity contribution in [2.24, 2.45) is 40.5 Å². The van der Waals surface area contributed by atoms with Crippen LogP contribution in [-0.2, 0) is 35.2 Å². The van der Waals surface area contributed by atoms with Gasteiger partial charge in [0, 0.05) is 13.1 Å². The third kappa shape index (κ3) is 13.4. The molecule has 0 aromatic heterocycles. The van der Waals surface area contributed by atoms with Gasteiger partial charge in [-0.15, -0.1) is 0 Å². The maximum atomic E-state index is 15.3. The highest BCUT2D eigenvalue weighted by Gasteiger charge is 2.55. The van der Waals surface area contributed by atoms with Crippen LogP contribution in [-0.4, -0.2) is 107 Å². The van der Waals surface area contributed by atoms with Crippen molar-refractivity contribution in [2.75, 3.05) is 19.6 Å². The molecule has 3 aliphatic rings. The SMILES string of the molecule is N=C(N)NCCCC([C]=O)(C(=O)[C@@H](N)CC1CCCCC1)N(C(=O)C1CCCN1C(=O)C(CCCCN)NC(=O)C(N)Cc1ccccc1)C(=O)[C@H](N)CC1CCCCC1. The van der Waals surface area contributed by atoms with E-state index < -0.39 is 65.2 Å². The molecule has 1 aromatic rings. The largest absolute Gasteiger partial charge is 0.370 e. The summed E-state index contributed by atoms with van der Waals surface area (Å²) in [6.45, 7) is 0.549. The zero-order chi connectivity index (χ0) is 43.7. The average molecular weight is 836 g/mol. The Morgan fingerprint density at radius 3 is 2.03 bits per heavy atom. The summed E-state index contributed by atoms with van der Waals surface area (Å²) < 4.78 is 0. The number of imide groups is 1. The highest BCUT2D eigenvalue weighted by Crippen LogP contribution is 2.34. The van der Waals surface area contributed by atoms with Gasteiger partial charge in [-0.3, -0.25) is 39.1 Å². The number of amides is 4. The first-order valence-corrected chi connectivity index (χ1v) is 22.3. The zero-order valence-electron chi connectivity index (χ0n) is 35.4. The number of likely N-dealkylation sites (tertiary alicyclic amines) is 1. The fraction of sp³-hybridized carbons (Fsp3) is 0.705. The number of Topliss-reactive ketones (excluding diaryl/α,β-unsaturated/α-hetero) is 1. The Bertz CT molecular complexity index is 1590. The number of nitrogens with zero attached hydrogens (tertiary/aromatic N) is 2. The number of benzene rings is 1. The molecule has 0 spiro atoms. The fourth-order valence-electron chi connectivity index (χ4n) is 9.41. The molecule has 2 saturated carbocycles. The van der Waals surface area contributed by atoms with Crippen molar-refractivity contribution in [1.82, 2.24) is 20.4 Å². The smallest absolute Gasteiger partial charge is 0.253 e. The number of rotatable bonds is 23. The van der Waals surface area contributed by atoms with E-state index in [0.29, 0.717) is 30.7 Å². The molecular formula is C44H71N10O6. The van der Waals surface area contributed by atoms with E-state index in [9.17, 15) is 24.0 Å². The Morgan fingerprint density at radius 2 is 1.45 bits per heavy atom. The molecule has 60 heavy (non-hydrogen) atoms. The first kappa shape index (κ1) is 48.4. The number of nitrogens with two attached hydrogens (primary N) is 5. The van der Waals surface area contributed by atoms with Crippen molar-refractivity contribution in [1.29, 1.82) is 5.41 Å². The van der Waals surface area contributed by atoms with Crippen molar-refractivity contribution >= 4 is 41.7 Å². The summed E-state index contributed by atoms with van der Waals surface area (Å²) in [5.74, 6) is -3.80. The molecule has 4 rings (SSSR count). The van der Waals surface area contributed by atoms with E-state index in [0.717, 1.165) is 69.8 Å². The highest BCUT2D eigenvalue weighted by atomic mass is 16.2. The van der Waals surface area contributed by atoms with E-state index >= 15 is 4.79 Å². The first-order chi connectivity index (χ1) is 28.8. The minimum absolute atomic E-state index is 0.0391. The number of hydrogen-bond acceptors (Lipinski definition) is 11. The number of unbranched alkanes of at least 4 members (excludes halogenated alkanes) is 1. The molecule has 13 N–H and O–H groups in total. The van der Waals surface area contributed by atoms with Gasteiger partial charge in [-0.1, -0.05) is 94.5 Å². The molecule has 1 saturated heterocycles. The van der Waals surface area contributed by atoms with Crippen LogP contribution in [0.2, 0.25) is 0 Å². The molecule has 0 bridgehead atoms. The van der Waals surface area contributed by atoms with Gasteiger partial charge in [0.05, 0.1) is 18.1 Å². The molecular weight excluding hydrogens is 765 g/mol. The van der Waals surface area contributed by atoms with Crippen LogP contribution in [0.1, 0.15) is 128 Å². The lowest BCUT2D eigenvalue weighted by molar-refractivity contribution is -0.160. The second-order valence-corrected chi connectivity index (χ2v) is 17.3. The van der Waals surface area contributed by atoms with Crippen LogP contribution < -0.4 is 39.3 Å². The van der Waals surface area contributed by atoms with E-state index in [-0.39, 0.29) is 75.8 Å². The van der Waals surface area contributed by atoms with Gasteiger partial charge in [0.2, 0.25) is 24.0 Å². The lowest BCUT2D eigenvalue weighted by atomic mass is 9.78. The lowest BCUT2D eigenvalue weighted by Crippen LogP contribution is -2.69. The van der Waals surface area contributed by atoms with Crippen LogP contribution in [0, 0.1) is 17.2 Å². The zero-order valence-corrected chi connectivity index (χ0v) is 35.4. The predicted molar refractivity (Wildman–Crippen MR) is 230 cm³/mol. The summed E-state index contributed by atoms with van der Waals surface area (Å²) in [6, 6.07) is 3.54. The van der Waals surface area contributed by atoms with Crippen LogP contribution >= 0.6 is 0 Å². The van der Waals surface area contributed by atoms with Gasteiger partial charge in [-0.25, -0.2) is 0 Å². The van der Waals surface area contributed by atoms with Gasteiger partial charge < -0.3 is 44.2 Å². The molecule has 2 aliphatic carbocycles. The Labute approximate surface area is 355 Å². The highest BCUT2D eigenvalue weighted by molar-refractivity contribution is 6.15. The third-order valence-corrected chi connectivity index (χ3v) is 12.7. The number of carbonyl (C=O) groups is 5. The van der Waals surface area contributed by atoms with Gasteiger partial charge in [0.1, 0.15) is 12.1 Å². The van der Waals surface area contributed by atoms with Crippen molar-refractivity contribution < 1.29 is 28.8 Å². The maximum Gasteiger partial charge on any atom is 0.253 e. The third-order valence-electron chi connectivity index (χ3n) is 12.7. The molecule has 1 aliphatic heterocycles. The summed E-state index contributed by atoms with van der Waals surface area (Å²) in [7, 11) is 0. The van der Waals surface area contributed by atoms with Gasteiger partial charge in [0.25, 0.3) is 5.91 Å². The van der Waals surface area contributed by atoms with Crippen LogP contribution in [0.3, 0.4) is 0 Å². The van der Waals surface area contributed by atoms with Gasteiger partial charge in [-0.2, -0.15) is 0 Å². The van der Waals surface area contributed by atoms with Gasteiger partial charge in [-0.05, 0) is 88.2 Å². The minimum Gasteiger partial charge on any atom is -0.370 e. The molecule has 1 heterocycles. The number of guanidine groups is 1. The average Bonchev–Trinajstić information content (AvgIpc) is 3.75. The van der Waals surface area contributed by atoms with Crippen LogP contribution in [0.25, 0.3) is 0 Å². The molecule has 4 unspecified atom stereocenters. The number of ketones is 1. The Kier molecular flexibility index (Phi) is 19.6. The summed E-state index contributed by atoms with van der Waals surface area (Å²) in [6.07, 6.45) is 13.7. The molecule has 6 atom stereocenters. The molecule has 1 radical (unpaired) electrons. The minimum atomic E-state index is -2.47. The number of carbonyl (C=O) groups excluding carboxylic acids is 6. The fourth-order valence-corrected chi connectivity index (χ4v) is 9.41. The van der Waals surface area contributed by atoms with E-state index in [1.807, 2.05) is 36.6 Å². The topological polar surface area (TPSA) is 287 Å². The van der Waals surface area contributed by atoms with E-state index in [1.165, 1.54) is 4.90 Å². The number of hydrogen-bond donors (Lipinski definition) is 8. The Balaban J connectivity index is 1.71. The van der Waals surface area contributed by atoms with Crippen LogP contribution in [0.15, 0.2) is 30.3 Å². The maximum absolute atomic E-state index is 15.3. The summed E-state index contributed by atoms with van der Waals surface area (Å²) >= 11 is 0. The van der Waals surface area contributed by atoms with Crippen molar-refractivity contribution in [3.63, 3.8) is 0 Å². The molecule has 1 aromatic carbocycles.